The van der Waals surface area contributed by atoms with E-state index in [4.69, 9.17) is 9.97 Å². The van der Waals surface area contributed by atoms with Gasteiger partial charge in [0.15, 0.2) is 0 Å². The molecule has 0 N–H and O–H groups in total. The zero-order valence-electron chi connectivity index (χ0n) is 30.3. The van der Waals surface area contributed by atoms with Crippen molar-refractivity contribution in [1.29, 1.82) is 0 Å². The molecule has 2 aromatic heterocycles. The minimum Gasteiger partial charge on any atom is -0.284 e. The van der Waals surface area contributed by atoms with E-state index in [1.54, 1.807) is 24.8 Å². The molecular weight excluding hydrogens is 770 g/mol. The van der Waals surface area contributed by atoms with Crippen molar-refractivity contribution in [2.45, 2.75) is 129 Å². The molecule has 0 amide bonds. The standard InChI is InChI=1S/C40H48F2N4.Pt/c1-35(2,3)23-15-24-17-25(16-23)38(9,10)29-20-44-22-31(46-29)40(13,14)27-18-26(33(41)32(34(27)42)36(4,5)6)39(11,12)30-21-43-19-28(45-30)37(24,7)8;/h15-16,19-22H,1-14H3;/q-2;+2. The summed E-state index contributed by atoms with van der Waals surface area (Å²) >= 11 is 0. The number of hydrogen-bond donors (Lipinski definition) is 0. The predicted octanol–water partition coefficient (Wildman–Crippen LogP) is 9.35. The molecule has 1 aliphatic heterocycles. The van der Waals surface area contributed by atoms with E-state index in [1.807, 2.05) is 48.5 Å². The van der Waals surface area contributed by atoms with Crippen LogP contribution < -0.4 is 0 Å². The van der Waals surface area contributed by atoms with Gasteiger partial charge in [0.05, 0.1) is 22.8 Å². The average molecular weight is 818 g/mol. The molecule has 47 heavy (non-hydrogen) atoms. The van der Waals surface area contributed by atoms with Crippen molar-refractivity contribution in [3.63, 3.8) is 0 Å². The van der Waals surface area contributed by atoms with E-state index in [0.29, 0.717) is 11.4 Å². The van der Waals surface area contributed by atoms with E-state index in [9.17, 15) is 0 Å². The Hall–Kier alpha value is -2.85. The maximum Gasteiger partial charge on any atom is 2.00 e. The quantitative estimate of drug-likeness (QED) is 0.166. The van der Waals surface area contributed by atoms with Crippen molar-refractivity contribution >= 4 is 0 Å². The predicted molar refractivity (Wildman–Crippen MR) is 180 cm³/mol. The minimum atomic E-state index is -1.00. The van der Waals surface area contributed by atoms with Gasteiger partial charge in [-0.05, 0) is 10.8 Å². The molecule has 4 aromatic rings. The molecule has 252 valence electrons. The van der Waals surface area contributed by atoms with E-state index in [-0.39, 0.29) is 43.2 Å². The van der Waals surface area contributed by atoms with Crippen molar-refractivity contribution in [2.75, 3.05) is 0 Å². The summed E-state index contributed by atoms with van der Waals surface area (Å²) in [6.07, 6.45) is 6.92. The summed E-state index contributed by atoms with van der Waals surface area (Å²) in [7, 11) is 0. The Balaban J connectivity index is 0.00000500. The number of fused-ring (bicyclic) bond motifs is 8. The number of hydrogen-bond acceptors (Lipinski definition) is 4. The van der Waals surface area contributed by atoms with Crippen LogP contribution in [0.4, 0.5) is 8.78 Å². The number of aromatic nitrogens is 4. The van der Waals surface area contributed by atoms with E-state index < -0.39 is 38.7 Å². The van der Waals surface area contributed by atoms with Gasteiger partial charge in [-0.25, -0.2) is 0 Å². The molecule has 4 nitrogen and oxygen atoms in total. The summed E-state index contributed by atoms with van der Waals surface area (Å²) in [5.41, 5.74) is 2.04. The van der Waals surface area contributed by atoms with E-state index in [2.05, 4.69) is 82.7 Å². The molecule has 8 bridgehead atoms. The first kappa shape index (κ1) is 37.0. The average Bonchev–Trinajstić information content (AvgIpc) is 2.95. The smallest absolute Gasteiger partial charge is 0.284 e. The Morgan fingerprint density at radius 1 is 0.532 bits per heavy atom. The molecule has 1 aliphatic rings. The Morgan fingerprint density at radius 2 is 0.872 bits per heavy atom. The van der Waals surface area contributed by atoms with Crippen LogP contribution in [0.1, 0.15) is 153 Å². The van der Waals surface area contributed by atoms with Crippen LogP contribution in [0, 0.1) is 23.8 Å². The summed E-state index contributed by atoms with van der Waals surface area (Å²) in [4.78, 5) is 19.6. The molecule has 0 unspecified atom stereocenters. The topological polar surface area (TPSA) is 51.6 Å². The summed E-state index contributed by atoms with van der Waals surface area (Å²) in [6.45, 7) is 28.2. The fraction of sp³-hybridized carbons (Fsp3) is 0.500. The molecule has 0 radical (unpaired) electrons. The van der Waals surface area contributed by atoms with E-state index in [0.717, 1.165) is 28.1 Å². The first-order chi connectivity index (χ1) is 20.9. The maximum absolute atomic E-state index is 16.8. The Morgan fingerprint density at radius 3 is 1.19 bits per heavy atom. The van der Waals surface area contributed by atoms with Crippen LogP contribution in [-0.4, -0.2) is 19.9 Å². The second-order valence-corrected chi connectivity index (χ2v) is 17.2. The van der Waals surface area contributed by atoms with Crippen molar-refractivity contribution in [2.24, 2.45) is 0 Å². The van der Waals surface area contributed by atoms with Gasteiger partial charge in [-0.3, -0.25) is 28.7 Å². The molecule has 3 heterocycles. The van der Waals surface area contributed by atoms with Gasteiger partial charge < -0.3 is 0 Å². The van der Waals surface area contributed by atoms with E-state index in [1.165, 1.54) is 0 Å². The second kappa shape index (κ2) is 11.6. The summed E-state index contributed by atoms with van der Waals surface area (Å²) in [5.74, 6) is -1.22. The van der Waals surface area contributed by atoms with Crippen molar-refractivity contribution in [3.8, 4) is 0 Å². The molecule has 7 heteroatoms. The van der Waals surface area contributed by atoms with Crippen LogP contribution in [0.2, 0.25) is 0 Å². The van der Waals surface area contributed by atoms with Gasteiger partial charge >= 0.3 is 21.1 Å². The largest absolute Gasteiger partial charge is 2.00 e. The van der Waals surface area contributed by atoms with Crippen LogP contribution in [0.3, 0.4) is 0 Å². The number of halogens is 2. The van der Waals surface area contributed by atoms with Gasteiger partial charge in [-0.2, -0.15) is 29.8 Å². The molecule has 0 aliphatic carbocycles. The Labute approximate surface area is 294 Å². The van der Waals surface area contributed by atoms with Crippen LogP contribution in [0.5, 0.6) is 0 Å². The number of rotatable bonds is 0. The Bertz CT molecular complexity index is 1730. The second-order valence-electron chi connectivity index (χ2n) is 17.2. The third kappa shape index (κ3) is 6.13. The van der Waals surface area contributed by atoms with Gasteiger partial charge in [-0.1, -0.05) is 102 Å². The molecule has 0 saturated carbocycles. The van der Waals surface area contributed by atoms with E-state index >= 15 is 8.78 Å². The van der Waals surface area contributed by atoms with Gasteiger partial charge in [0.25, 0.3) is 0 Å². The molecule has 0 fully saturated rings. The SMILES string of the molecule is CC(C)(C)c1cc2[c-]c(c1)C(C)(C)c1cncc(n1)C(C)(C)c1[c-]c(c(F)c(C(C)(C)C)c1F)C(C)(C)c1cncc(n1)C2(C)C.[Pt+2]. The van der Waals surface area contributed by atoms with Crippen LogP contribution in [-0.2, 0) is 53.6 Å². The fourth-order valence-electron chi connectivity index (χ4n) is 6.25. The third-order valence-electron chi connectivity index (χ3n) is 10.0. The Kier molecular flexibility index (Phi) is 9.16. The summed E-state index contributed by atoms with van der Waals surface area (Å²) < 4.78 is 33.5. The zero-order valence-corrected chi connectivity index (χ0v) is 32.6. The molecular formula is C40H48F2N4Pt. The molecule has 5 rings (SSSR count). The number of benzene rings is 2. The molecule has 0 spiro atoms. The zero-order chi connectivity index (χ0) is 34.4. The molecule has 0 saturated heterocycles. The van der Waals surface area contributed by atoms with Crippen molar-refractivity contribution in [1.82, 2.24) is 19.9 Å². The van der Waals surface area contributed by atoms with Gasteiger partial charge in [-0.15, -0.1) is 22.3 Å². The minimum absolute atomic E-state index is 0. The van der Waals surface area contributed by atoms with Crippen molar-refractivity contribution in [3.05, 3.63) is 117 Å². The first-order valence-electron chi connectivity index (χ1n) is 16.1. The molecule has 0 atom stereocenters. The summed E-state index contributed by atoms with van der Waals surface area (Å²) in [6, 6.07) is 11.4. The first-order valence-corrected chi connectivity index (χ1v) is 16.1. The number of nitrogens with zero attached hydrogens (tertiary/aromatic N) is 4. The van der Waals surface area contributed by atoms with Gasteiger partial charge in [0.2, 0.25) is 0 Å². The van der Waals surface area contributed by atoms with Gasteiger partial charge in [0.1, 0.15) is 0 Å². The van der Waals surface area contributed by atoms with Gasteiger partial charge in [0, 0.05) is 58.1 Å². The van der Waals surface area contributed by atoms with Crippen LogP contribution >= 0.6 is 0 Å². The van der Waals surface area contributed by atoms with Crippen LogP contribution in [0.25, 0.3) is 0 Å². The van der Waals surface area contributed by atoms with Crippen molar-refractivity contribution < 1.29 is 29.8 Å². The fourth-order valence-corrected chi connectivity index (χ4v) is 6.25. The summed E-state index contributed by atoms with van der Waals surface area (Å²) in [5, 5.41) is 0. The molecule has 2 aromatic carbocycles. The third-order valence-corrected chi connectivity index (χ3v) is 10.0. The monoisotopic (exact) mass is 817 g/mol. The normalized spacial score (nSPS) is 17.9. The maximum atomic E-state index is 16.8. The van der Waals surface area contributed by atoms with Crippen LogP contribution in [0.15, 0.2) is 36.9 Å².